The third kappa shape index (κ3) is 5.34. The molecule has 3 N–H and O–H groups in total. The van der Waals surface area contributed by atoms with Gasteiger partial charge in [-0.05, 0) is 53.6 Å². The Bertz CT molecular complexity index is 1280. The van der Waals surface area contributed by atoms with E-state index in [0.29, 0.717) is 24.0 Å². The molecule has 2 aromatic carbocycles. The lowest BCUT2D eigenvalue weighted by Crippen LogP contribution is -2.22. The van der Waals surface area contributed by atoms with Gasteiger partial charge in [0.25, 0.3) is 0 Å². The van der Waals surface area contributed by atoms with Crippen molar-refractivity contribution in [3.8, 4) is 11.1 Å². The van der Waals surface area contributed by atoms with Crippen molar-refractivity contribution >= 4 is 21.4 Å². The molecule has 0 bridgehead atoms. The number of aromatic nitrogens is 1. The molecule has 1 aliphatic rings. The topological polar surface area (TPSA) is 110 Å². The van der Waals surface area contributed by atoms with Crippen LogP contribution in [-0.4, -0.2) is 42.4 Å². The van der Waals surface area contributed by atoms with Gasteiger partial charge in [0.2, 0.25) is 0 Å². The second-order valence-electron chi connectivity index (χ2n) is 8.74. The Balaban J connectivity index is 1.55. The average Bonchev–Trinajstić information content (AvgIpc) is 2.83. The van der Waals surface area contributed by atoms with Crippen LogP contribution in [0.1, 0.15) is 52.6 Å². The summed E-state index contributed by atoms with van der Waals surface area (Å²) in [6.07, 6.45) is 2.67. The first-order valence-electron chi connectivity index (χ1n) is 11.2. The molecule has 178 valence electrons. The molecule has 6 nitrogen and oxygen atoms in total. The van der Waals surface area contributed by atoms with E-state index in [1.807, 2.05) is 36.4 Å². The van der Waals surface area contributed by atoms with Crippen molar-refractivity contribution in [2.45, 2.75) is 31.1 Å². The fourth-order valence-corrected chi connectivity index (χ4v) is 5.92. The van der Waals surface area contributed by atoms with E-state index in [-0.39, 0.29) is 41.8 Å². The Morgan fingerprint density at radius 1 is 1.12 bits per heavy atom. The van der Waals surface area contributed by atoms with Crippen molar-refractivity contribution in [1.82, 2.24) is 4.98 Å². The second kappa shape index (κ2) is 10.0. The second-order valence-corrected chi connectivity index (χ2v) is 11.0. The van der Waals surface area contributed by atoms with Crippen molar-refractivity contribution in [1.29, 1.82) is 0 Å². The first-order chi connectivity index (χ1) is 16.3. The van der Waals surface area contributed by atoms with Gasteiger partial charge in [-0.2, -0.15) is 0 Å². The lowest BCUT2D eigenvalue weighted by molar-refractivity contribution is 0.0956. The molecule has 0 aliphatic carbocycles. The van der Waals surface area contributed by atoms with Crippen LogP contribution in [0.5, 0.6) is 0 Å². The number of benzene rings is 2. The maximum Gasteiger partial charge on any atom is 0.166 e. The van der Waals surface area contributed by atoms with E-state index in [9.17, 15) is 18.3 Å². The number of carbonyl (C=O) groups excluding carboxylic acids is 1. The number of aliphatic hydroxyl groups is 1. The number of anilines is 1. The van der Waals surface area contributed by atoms with Crippen LogP contribution < -0.4 is 5.73 Å². The molecule has 0 saturated carbocycles. The van der Waals surface area contributed by atoms with Gasteiger partial charge in [-0.25, -0.2) is 17.8 Å². The first-order valence-corrected chi connectivity index (χ1v) is 13.0. The van der Waals surface area contributed by atoms with Crippen molar-refractivity contribution in [3.63, 3.8) is 0 Å². The molecule has 0 spiro atoms. The summed E-state index contributed by atoms with van der Waals surface area (Å²) >= 11 is 0. The molecule has 0 amide bonds. The highest BCUT2D eigenvalue weighted by Gasteiger charge is 2.26. The van der Waals surface area contributed by atoms with E-state index in [2.05, 4.69) is 4.98 Å². The molecule has 1 atom stereocenters. The number of carbonyl (C=O) groups is 1. The quantitative estimate of drug-likeness (QED) is 0.491. The van der Waals surface area contributed by atoms with E-state index < -0.39 is 27.4 Å². The zero-order valence-corrected chi connectivity index (χ0v) is 19.5. The van der Waals surface area contributed by atoms with Crippen molar-refractivity contribution < 1.29 is 22.7 Å². The molecular weight excluding hydrogens is 455 g/mol. The van der Waals surface area contributed by atoms with Crippen LogP contribution in [0.3, 0.4) is 0 Å². The van der Waals surface area contributed by atoms with Crippen LogP contribution in [-0.2, 0) is 9.84 Å². The number of sulfone groups is 1. The number of nitrogens with zero attached hydrogens (tertiary/aromatic N) is 1. The number of ketones is 1. The third-order valence-electron chi connectivity index (χ3n) is 6.47. The van der Waals surface area contributed by atoms with Crippen LogP contribution in [0, 0.1) is 5.82 Å². The highest BCUT2D eigenvalue weighted by Crippen LogP contribution is 2.34. The number of nitrogens with two attached hydrogens (primary N) is 1. The smallest absolute Gasteiger partial charge is 0.166 e. The van der Waals surface area contributed by atoms with Gasteiger partial charge < -0.3 is 10.8 Å². The largest absolute Gasteiger partial charge is 0.396 e. The van der Waals surface area contributed by atoms with Gasteiger partial charge in [0.15, 0.2) is 5.78 Å². The Morgan fingerprint density at radius 2 is 1.82 bits per heavy atom. The predicted octanol–water partition coefficient (Wildman–Crippen LogP) is 4.11. The zero-order chi connectivity index (χ0) is 24.3. The lowest BCUT2D eigenvalue weighted by Gasteiger charge is -2.22. The van der Waals surface area contributed by atoms with Gasteiger partial charge in [0.05, 0.1) is 23.7 Å². The maximum absolute atomic E-state index is 15.0. The van der Waals surface area contributed by atoms with E-state index in [4.69, 9.17) is 5.73 Å². The zero-order valence-electron chi connectivity index (χ0n) is 18.7. The minimum Gasteiger partial charge on any atom is -0.396 e. The van der Waals surface area contributed by atoms with Crippen LogP contribution in [0.15, 0.2) is 60.8 Å². The van der Waals surface area contributed by atoms with Gasteiger partial charge in [0.1, 0.15) is 21.5 Å². The summed E-state index contributed by atoms with van der Waals surface area (Å²) in [4.78, 5) is 17.0. The number of pyridine rings is 1. The minimum absolute atomic E-state index is 0.0133. The maximum atomic E-state index is 15.0. The highest BCUT2D eigenvalue weighted by atomic mass is 32.2. The first kappa shape index (κ1) is 24.0. The fourth-order valence-electron chi connectivity index (χ4n) is 4.42. The van der Waals surface area contributed by atoms with Crippen molar-refractivity contribution in [2.24, 2.45) is 0 Å². The number of rotatable bonds is 7. The fraction of sp³-hybridized carbons (Fsp3) is 0.308. The predicted molar refractivity (Wildman–Crippen MR) is 130 cm³/mol. The monoisotopic (exact) mass is 482 g/mol. The van der Waals surface area contributed by atoms with Gasteiger partial charge in [-0.15, -0.1) is 0 Å². The molecule has 0 radical (unpaired) electrons. The Hall–Kier alpha value is -3.10. The molecule has 3 aromatic rings. The number of hydrogen-bond donors (Lipinski definition) is 2. The van der Waals surface area contributed by atoms with Crippen LogP contribution in [0.4, 0.5) is 10.2 Å². The van der Waals surface area contributed by atoms with Crippen LogP contribution >= 0.6 is 0 Å². The summed E-state index contributed by atoms with van der Waals surface area (Å²) in [6.45, 7) is -0.215. The van der Waals surface area contributed by atoms with Crippen molar-refractivity contribution in [3.05, 3.63) is 83.3 Å². The summed E-state index contributed by atoms with van der Waals surface area (Å²) in [5, 5.41) is 9.73. The van der Waals surface area contributed by atoms with Gasteiger partial charge in [0, 0.05) is 24.1 Å². The molecule has 1 saturated heterocycles. The third-order valence-corrected chi connectivity index (χ3v) is 8.18. The molecule has 4 rings (SSSR count). The van der Waals surface area contributed by atoms with E-state index in [0.717, 1.165) is 11.1 Å². The number of nitrogen functional groups attached to an aromatic ring is 1. The molecular formula is C26H27FN2O4S. The van der Waals surface area contributed by atoms with Gasteiger partial charge in [-0.1, -0.05) is 36.4 Å². The number of hydrogen-bond acceptors (Lipinski definition) is 6. The van der Waals surface area contributed by atoms with Gasteiger partial charge in [-0.3, -0.25) is 4.79 Å². The van der Waals surface area contributed by atoms with Gasteiger partial charge >= 0.3 is 0 Å². The molecule has 1 fully saturated rings. The Morgan fingerprint density at radius 3 is 2.47 bits per heavy atom. The van der Waals surface area contributed by atoms with Crippen molar-refractivity contribution in [2.75, 3.05) is 23.8 Å². The number of Topliss-reactive ketones (excluding diaryl/α,β-unsaturated/α-hetero) is 1. The molecule has 2 heterocycles. The van der Waals surface area contributed by atoms with E-state index in [1.165, 1.54) is 12.1 Å². The molecule has 8 heteroatoms. The summed E-state index contributed by atoms with van der Waals surface area (Å²) in [7, 11) is -2.98. The molecule has 34 heavy (non-hydrogen) atoms. The van der Waals surface area contributed by atoms with Crippen LogP contribution in [0.25, 0.3) is 11.1 Å². The lowest BCUT2D eigenvalue weighted by atomic mass is 9.90. The Kier molecular flexibility index (Phi) is 7.09. The Labute approximate surface area is 198 Å². The molecule has 0 unspecified atom stereocenters. The summed E-state index contributed by atoms with van der Waals surface area (Å²) < 4.78 is 38.5. The summed E-state index contributed by atoms with van der Waals surface area (Å²) in [5.74, 6) is -0.912. The van der Waals surface area contributed by atoms with E-state index in [1.54, 1.807) is 12.3 Å². The number of aliphatic hydroxyl groups excluding tert-OH is 1. The number of halogens is 1. The molecule has 1 aromatic heterocycles. The summed E-state index contributed by atoms with van der Waals surface area (Å²) in [5.41, 5.74) is 8.75. The summed E-state index contributed by atoms with van der Waals surface area (Å²) in [6, 6.07) is 15.3. The standard InChI is InChI=1S/C26H27FN2O4S/c27-24-13-19(6-7-22(24)25(31)14-21(16-30)17-4-2-1-3-5-17)23-12-20(15-29-26(23)28)18-8-10-34(32,33)11-9-18/h1-7,12-13,15,18,21,30H,8-11,14,16H2,(H2,28,29)/t21-/m1/s1. The minimum atomic E-state index is -2.98. The molecule has 1 aliphatic heterocycles. The SMILES string of the molecule is Nc1ncc(C2CCS(=O)(=O)CC2)cc1-c1ccc(C(=O)C[C@H](CO)c2ccccc2)c(F)c1. The van der Waals surface area contributed by atoms with Crippen LogP contribution in [0.2, 0.25) is 0 Å². The highest BCUT2D eigenvalue weighted by molar-refractivity contribution is 7.91. The average molecular weight is 483 g/mol. The van der Waals surface area contributed by atoms with E-state index >= 15 is 4.39 Å². The normalized spacial score (nSPS) is 16.8.